The number of nitrogens with zero attached hydrogens (tertiary/aromatic N) is 1. The molecule has 0 unspecified atom stereocenters. The van der Waals surface area contributed by atoms with Crippen LogP contribution in [-0.4, -0.2) is 30.9 Å². The third kappa shape index (κ3) is 4.99. The first kappa shape index (κ1) is 20.1. The van der Waals surface area contributed by atoms with Crippen molar-refractivity contribution in [3.63, 3.8) is 0 Å². The van der Waals surface area contributed by atoms with E-state index < -0.39 is 0 Å². The van der Waals surface area contributed by atoms with Gasteiger partial charge in [0.05, 0.1) is 18.4 Å². The molecule has 5 nitrogen and oxygen atoms in total. The average Bonchev–Trinajstić information content (AvgIpc) is 2.75. The maximum atomic E-state index is 13.1. The molecule has 3 rings (SSSR count). The lowest BCUT2D eigenvalue weighted by Crippen LogP contribution is -2.27. The molecule has 0 aliphatic heterocycles. The van der Waals surface area contributed by atoms with E-state index >= 15 is 0 Å². The van der Waals surface area contributed by atoms with E-state index in [4.69, 9.17) is 4.74 Å². The summed E-state index contributed by atoms with van der Waals surface area (Å²) >= 11 is 0. The monoisotopic (exact) mass is 392 g/mol. The lowest BCUT2D eigenvalue weighted by molar-refractivity contribution is 0.0786. The molecular weight excluding hydrogens is 371 g/mol. The number of amides is 2. The van der Waals surface area contributed by atoms with Crippen molar-refractivity contribution in [1.29, 1.82) is 0 Å². The first-order valence-electron chi connectivity index (χ1n) is 9.02. The molecule has 0 atom stereocenters. The predicted molar refractivity (Wildman–Crippen MR) is 110 cm³/mol. The molecule has 1 N–H and O–H groups in total. The highest BCUT2D eigenvalue weighted by Gasteiger charge is 2.18. The summed E-state index contributed by atoms with van der Waals surface area (Å²) in [6.45, 7) is 0.319. The Morgan fingerprint density at radius 2 is 1.62 bits per heavy atom. The van der Waals surface area contributed by atoms with E-state index in [2.05, 4.69) is 5.32 Å². The Balaban J connectivity index is 1.75. The van der Waals surface area contributed by atoms with Crippen LogP contribution in [0.15, 0.2) is 72.8 Å². The average molecular weight is 392 g/mol. The molecule has 0 fully saturated rings. The van der Waals surface area contributed by atoms with Gasteiger partial charge in [0.1, 0.15) is 11.6 Å². The van der Waals surface area contributed by atoms with Crippen LogP contribution in [0.2, 0.25) is 0 Å². The standard InChI is InChI=1S/C23H21FN2O3/c1-26(15-16-7-11-18(24)12-8-16)23(28)20-5-3-4-6-21(20)25-22(27)17-9-13-19(29-2)14-10-17/h3-14H,15H2,1-2H3,(H,25,27). The highest BCUT2D eigenvalue weighted by Crippen LogP contribution is 2.20. The number of anilines is 1. The molecule has 0 spiro atoms. The first-order chi connectivity index (χ1) is 14.0. The lowest BCUT2D eigenvalue weighted by atomic mass is 10.1. The molecule has 6 heteroatoms. The number of halogens is 1. The topological polar surface area (TPSA) is 58.6 Å². The molecule has 0 bridgehead atoms. The fourth-order valence-electron chi connectivity index (χ4n) is 2.86. The van der Waals surface area contributed by atoms with Gasteiger partial charge in [-0.3, -0.25) is 9.59 Å². The van der Waals surface area contributed by atoms with Gasteiger partial charge in [0.25, 0.3) is 11.8 Å². The van der Waals surface area contributed by atoms with Crippen LogP contribution >= 0.6 is 0 Å². The van der Waals surface area contributed by atoms with Gasteiger partial charge in [-0.15, -0.1) is 0 Å². The Hall–Kier alpha value is -3.67. The molecule has 3 aromatic rings. The maximum absolute atomic E-state index is 13.1. The SMILES string of the molecule is COc1ccc(C(=O)Nc2ccccc2C(=O)N(C)Cc2ccc(F)cc2)cc1. The van der Waals surface area contributed by atoms with Crippen molar-refractivity contribution in [3.8, 4) is 5.75 Å². The summed E-state index contributed by atoms with van der Waals surface area (Å²) in [6, 6.07) is 19.5. The van der Waals surface area contributed by atoms with E-state index in [1.54, 1.807) is 74.8 Å². The van der Waals surface area contributed by atoms with Gasteiger partial charge in [-0.2, -0.15) is 0 Å². The molecule has 148 valence electrons. The van der Waals surface area contributed by atoms with E-state index in [0.717, 1.165) is 5.56 Å². The van der Waals surface area contributed by atoms with Crippen LogP contribution in [0.4, 0.5) is 10.1 Å². The molecule has 0 aliphatic carbocycles. The van der Waals surface area contributed by atoms with Crippen LogP contribution < -0.4 is 10.1 Å². The summed E-state index contributed by atoms with van der Waals surface area (Å²) in [5.41, 5.74) is 2.05. The number of methoxy groups -OCH3 is 1. The second-order valence-corrected chi connectivity index (χ2v) is 6.52. The minimum atomic E-state index is -0.325. The Kier molecular flexibility index (Phi) is 6.24. The first-order valence-corrected chi connectivity index (χ1v) is 9.02. The van der Waals surface area contributed by atoms with Gasteiger partial charge in [-0.05, 0) is 54.1 Å². The largest absolute Gasteiger partial charge is 0.497 e. The van der Waals surface area contributed by atoms with Crippen LogP contribution in [0.1, 0.15) is 26.3 Å². The summed E-state index contributed by atoms with van der Waals surface area (Å²) < 4.78 is 18.2. The summed E-state index contributed by atoms with van der Waals surface area (Å²) in [6.07, 6.45) is 0. The number of carbonyl (C=O) groups is 2. The van der Waals surface area contributed by atoms with E-state index in [0.29, 0.717) is 29.1 Å². The summed E-state index contributed by atoms with van der Waals surface area (Å²) in [4.78, 5) is 27.0. The highest BCUT2D eigenvalue weighted by molar-refractivity contribution is 6.09. The van der Waals surface area contributed by atoms with Crippen molar-refractivity contribution < 1.29 is 18.7 Å². The van der Waals surface area contributed by atoms with E-state index in [9.17, 15) is 14.0 Å². The van der Waals surface area contributed by atoms with Crippen LogP contribution in [-0.2, 0) is 6.54 Å². The second kappa shape index (κ2) is 9.01. The molecule has 0 heterocycles. The number of hydrogen-bond acceptors (Lipinski definition) is 3. The number of hydrogen-bond donors (Lipinski definition) is 1. The van der Waals surface area contributed by atoms with E-state index in [1.807, 2.05) is 0 Å². The third-order valence-electron chi connectivity index (χ3n) is 4.44. The van der Waals surface area contributed by atoms with Gasteiger partial charge >= 0.3 is 0 Å². The molecule has 0 saturated carbocycles. The molecule has 2 amide bonds. The number of rotatable bonds is 6. The zero-order valence-corrected chi connectivity index (χ0v) is 16.2. The van der Waals surface area contributed by atoms with Crippen molar-refractivity contribution in [2.24, 2.45) is 0 Å². The molecule has 0 saturated heterocycles. The van der Waals surface area contributed by atoms with E-state index in [1.165, 1.54) is 17.0 Å². The third-order valence-corrected chi connectivity index (χ3v) is 4.44. The number of para-hydroxylation sites is 1. The summed E-state index contributed by atoms with van der Waals surface area (Å²) in [5.74, 6) is -0.247. The minimum absolute atomic E-state index is 0.250. The van der Waals surface area contributed by atoms with Crippen LogP contribution in [0, 0.1) is 5.82 Å². The molecular formula is C23H21FN2O3. The Morgan fingerprint density at radius 1 is 0.966 bits per heavy atom. The minimum Gasteiger partial charge on any atom is -0.497 e. The number of benzene rings is 3. The predicted octanol–water partition coefficient (Wildman–Crippen LogP) is 4.36. The van der Waals surface area contributed by atoms with Crippen molar-refractivity contribution in [1.82, 2.24) is 4.90 Å². The van der Waals surface area contributed by atoms with Gasteiger partial charge in [0.15, 0.2) is 0 Å². The van der Waals surface area contributed by atoms with Crippen molar-refractivity contribution >= 4 is 17.5 Å². The molecule has 29 heavy (non-hydrogen) atoms. The van der Waals surface area contributed by atoms with Crippen LogP contribution in [0.25, 0.3) is 0 Å². The van der Waals surface area contributed by atoms with Gasteiger partial charge in [-0.25, -0.2) is 4.39 Å². The molecule has 0 radical (unpaired) electrons. The zero-order valence-electron chi connectivity index (χ0n) is 16.2. The molecule has 0 aromatic heterocycles. The van der Waals surface area contributed by atoms with E-state index in [-0.39, 0.29) is 17.6 Å². The smallest absolute Gasteiger partial charge is 0.256 e. The lowest BCUT2D eigenvalue weighted by Gasteiger charge is -2.19. The van der Waals surface area contributed by atoms with Gasteiger partial charge in [0.2, 0.25) is 0 Å². The van der Waals surface area contributed by atoms with Gasteiger partial charge < -0.3 is 15.0 Å². The Labute approximate surface area is 168 Å². The number of ether oxygens (including phenoxy) is 1. The maximum Gasteiger partial charge on any atom is 0.256 e. The number of carbonyl (C=O) groups excluding carboxylic acids is 2. The fourth-order valence-corrected chi connectivity index (χ4v) is 2.86. The Morgan fingerprint density at radius 3 is 2.28 bits per heavy atom. The second-order valence-electron chi connectivity index (χ2n) is 6.52. The van der Waals surface area contributed by atoms with Gasteiger partial charge in [-0.1, -0.05) is 24.3 Å². The zero-order chi connectivity index (χ0) is 20.8. The highest BCUT2D eigenvalue weighted by atomic mass is 19.1. The summed E-state index contributed by atoms with van der Waals surface area (Å²) in [5, 5.41) is 2.79. The summed E-state index contributed by atoms with van der Waals surface area (Å²) in [7, 11) is 3.22. The normalized spacial score (nSPS) is 10.3. The molecule has 3 aromatic carbocycles. The molecule has 0 aliphatic rings. The van der Waals surface area contributed by atoms with Crippen LogP contribution in [0.3, 0.4) is 0 Å². The quantitative estimate of drug-likeness (QED) is 0.678. The van der Waals surface area contributed by atoms with Crippen molar-refractivity contribution in [2.45, 2.75) is 6.54 Å². The number of nitrogens with one attached hydrogen (secondary N) is 1. The Bertz CT molecular complexity index is 1000. The van der Waals surface area contributed by atoms with Crippen LogP contribution in [0.5, 0.6) is 5.75 Å². The van der Waals surface area contributed by atoms with Crippen molar-refractivity contribution in [2.75, 3.05) is 19.5 Å². The fraction of sp³-hybridized carbons (Fsp3) is 0.130. The van der Waals surface area contributed by atoms with Gasteiger partial charge in [0, 0.05) is 19.2 Å². The van der Waals surface area contributed by atoms with Crippen molar-refractivity contribution in [3.05, 3.63) is 95.3 Å².